The molecule has 0 aliphatic carbocycles. The molecule has 2 saturated heterocycles. The van der Waals surface area contributed by atoms with Crippen LogP contribution in [0.4, 0.5) is 5.69 Å². The fraction of sp³-hybridized carbons (Fsp3) is 0.538. The lowest BCUT2D eigenvalue weighted by Crippen LogP contribution is -2.52. The Hall–Kier alpha value is -1.55. The quantitative estimate of drug-likeness (QED) is 0.647. The van der Waals surface area contributed by atoms with Crippen molar-refractivity contribution in [3.05, 3.63) is 34.4 Å². The molecule has 2 aliphatic heterocycles. The fourth-order valence-corrected chi connectivity index (χ4v) is 4.32. The second-order valence-corrected chi connectivity index (χ2v) is 7.36. The zero-order valence-corrected chi connectivity index (χ0v) is 12.7. The summed E-state index contributed by atoms with van der Waals surface area (Å²) in [7, 11) is -3.62. The van der Waals surface area contributed by atoms with Crippen molar-refractivity contribution in [3.8, 4) is 0 Å². The summed E-state index contributed by atoms with van der Waals surface area (Å²) in [6.45, 7) is 2.17. The van der Waals surface area contributed by atoms with Crippen molar-refractivity contribution in [1.29, 1.82) is 0 Å². The van der Waals surface area contributed by atoms with Gasteiger partial charge in [-0.05, 0) is 12.1 Å². The van der Waals surface area contributed by atoms with Crippen LogP contribution in [0.1, 0.15) is 12.8 Å². The molecule has 0 radical (unpaired) electrons. The zero-order valence-electron chi connectivity index (χ0n) is 11.9. The van der Waals surface area contributed by atoms with Gasteiger partial charge in [-0.25, -0.2) is 8.42 Å². The largest absolute Gasteiger partial charge is 0.359 e. The molecule has 0 atom stereocenters. The number of non-ortho nitro benzene ring substituents is 1. The molecule has 120 valence electrons. The maximum atomic E-state index is 12.6. The van der Waals surface area contributed by atoms with Crippen molar-refractivity contribution < 1.29 is 18.1 Å². The van der Waals surface area contributed by atoms with E-state index in [0.29, 0.717) is 32.5 Å². The molecular weight excluding hydrogens is 310 g/mol. The Morgan fingerprint density at radius 3 is 2.36 bits per heavy atom. The molecule has 0 aromatic heterocycles. The molecule has 1 aromatic rings. The fourth-order valence-electron chi connectivity index (χ4n) is 2.87. The van der Waals surface area contributed by atoms with Crippen LogP contribution in [-0.4, -0.2) is 49.6 Å². The molecule has 0 amide bonds. The Labute approximate surface area is 128 Å². The topological polar surface area (TPSA) is 102 Å². The molecule has 1 spiro atoms. The number of nitro benzene ring substituents is 1. The SMILES string of the molecule is O=[N+]([O-])c1ccc(S(=O)(=O)N2CCC3(CC2)NCCO3)cc1. The first-order chi connectivity index (χ1) is 10.4. The van der Waals surface area contributed by atoms with Gasteiger partial charge in [-0.3, -0.25) is 15.4 Å². The number of ether oxygens (including phenoxy) is 1. The minimum atomic E-state index is -3.62. The molecule has 2 heterocycles. The van der Waals surface area contributed by atoms with Gasteiger partial charge in [0.05, 0.1) is 16.4 Å². The number of rotatable bonds is 3. The minimum absolute atomic E-state index is 0.0781. The smallest absolute Gasteiger partial charge is 0.269 e. The molecule has 1 aromatic carbocycles. The zero-order chi connectivity index (χ0) is 15.8. The van der Waals surface area contributed by atoms with Crippen molar-refractivity contribution in [1.82, 2.24) is 9.62 Å². The first kappa shape index (κ1) is 15.3. The summed E-state index contributed by atoms with van der Waals surface area (Å²) in [6.07, 6.45) is 1.19. The number of nitrogens with zero attached hydrogens (tertiary/aromatic N) is 2. The maximum absolute atomic E-state index is 12.6. The molecule has 0 saturated carbocycles. The van der Waals surface area contributed by atoms with Crippen LogP contribution in [-0.2, 0) is 14.8 Å². The summed E-state index contributed by atoms with van der Waals surface area (Å²) in [5.74, 6) is 0. The maximum Gasteiger partial charge on any atom is 0.269 e. The van der Waals surface area contributed by atoms with E-state index in [9.17, 15) is 18.5 Å². The van der Waals surface area contributed by atoms with Gasteiger partial charge in [-0.15, -0.1) is 0 Å². The Bertz CT molecular complexity index is 657. The lowest BCUT2D eigenvalue weighted by atomic mass is 10.0. The second kappa shape index (κ2) is 5.58. The summed E-state index contributed by atoms with van der Waals surface area (Å²) in [4.78, 5) is 10.2. The summed E-state index contributed by atoms with van der Waals surface area (Å²) >= 11 is 0. The predicted octanol–water partition coefficient (Wildman–Crippen LogP) is 0.695. The van der Waals surface area contributed by atoms with E-state index < -0.39 is 14.9 Å². The first-order valence-corrected chi connectivity index (χ1v) is 8.51. The Kier molecular flexibility index (Phi) is 3.89. The summed E-state index contributed by atoms with van der Waals surface area (Å²) in [5, 5.41) is 13.9. The van der Waals surface area contributed by atoms with E-state index in [4.69, 9.17) is 4.74 Å². The molecule has 8 nitrogen and oxygen atoms in total. The third-order valence-corrected chi connectivity index (χ3v) is 6.06. The molecular formula is C13H17N3O5S. The van der Waals surface area contributed by atoms with Gasteiger partial charge >= 0.3 is 0 Å². The molecule has 1 N–H and O–H groups in total. The van der Waals surface area contributed by atoms with Crippen LogP contribution < -0.4 is 5.32 Å². The third-order valence-electron chi connectivity index (χ3n) is 4.14. The van der Waals surface area contributed by atoms with E-state index >= 15 is 0 Å². The summed E-state index contributed by atoms with van der Waals surface area (Å²) < 4.78 is 32.2. The van der Waals surface area contributed by atoms with Crippen molar-refractivity contribution in [3.63, 3.8) is 0 Å². The van der Waals surface area contributed by atoms with E-state index in [1.807, 2.05) is 0 Å². The average molecular weight is 327 g/mol. The van der Waals surface area contributed by atoms with Gasteiger partial charge in [0.15, 0.2) is 0 Å². The number of hydrogen-bond donors (Lipinski definition) is 1. The standard InChI is InChI=1S/C13H17N3O5S/c17-16(18)11-1-3-12(4-2-11)22(19,20)15-8-5-13(6-9-15)14-7-10-21-13/h1-4,14H,5-10H2. The van der Waals surface area contributed by atoms with E-state index in [-0.39, 0.29) is 16.3 Å². The Morgan fingerprint density at radius 1 is 1.23 bits per heavy atom. The van der Waals surface area contributed by atoms with Crippen LogP contribution in [0.3, 0.4) is 0 Å². The van der Waals surface area contributed by atoms with Gasteiger partial charge < -0.3 is 4.74 Å². The summed E-state index contributed by atoms with van der Waals surface area (Å²) in [5.41, 5.74) is -0.512. The van der Waals surface area contributed by atoms with E-state index in [1.54, 1.807) is 0 Å². The monoisotopic (exact) mass is 327 g/mol. The molecule has 3 rings (SSSR count). The van der Waals surface area contributed by atoms with Crippen LogP contribution >= 0.6 is 0 Å². The van der Waals surface area contributed by atoms with Crippen LogP contribution in [0.25, 0.3) is 0 Å². The highest BCUT2D eigenvalue weighted by Gasteiger charge is 2.41. The summed E-state index contributed by atoms with van der Waals surface area (Å²) in [6, 6.07) is 4.98. The molecule has 2 fully saturated rings. The highest BCUT2D eigenvalue weighted by molar-refractivity contribution is 7.89. The number of sulfonamides is 1. The number of hydrogen-bond acceptors (Lipinski definition) is 6. The Balaban J connectivity index is 1.74. The highest BCUT2D eigenvalue weighted by atomic mass is 32.2. The van der Waals surface area contributed by atoms with E-state index in [0.717, 1.165) is 6.54 Å². The van der Waals surface area contributed by atoms with Gasteiger partial charge in [-0.1, -0.05) is 0 Å². The highest BCUT2D eigenvalue weighted by Crippen LogP contribution is 2.30. The predicted molar refractivity (Wildman–Crippen MR) is 77.8 cm³/mol. The lowest BCUT2D eigenvalue weighted by molar-refractivity contribution is -0.384. The lowest BCUT2D eigenvalue weighted by Gasteiger charge is -2.37. The van der Waals surface area contributed by atoms with Crippen LogP contribution in [0.2, 0.25) is 0 Å². The van der Waals surface area contributed by atoms with Gasteiger partial charge in [-0.2, -0.15) is 4.31 Å². The van der Waals surface area contributed by atoms with Crippen molar-refractivity contribution in [2.45, 2.75) is 23.5 Å². The first-order valence-electron chi connectivity index (χ1n) is 7.07. The van der Waals surface area contributed by atoms with Crippen molar-refractivity contribution in [2.75, 3.05) is 26.2 Å². The second-order valence-electron chi connectivity index (χ2n) is 5.42. The average Bonchev–Trinajstić information content (AvgIpc) is 2.96. The van der Waals surface area contributed by atoms with Crippen LogP contribution in [0.15, 0.2) is 29.2 Å². The molecule has 22 heavy (non-hydrogen) atoms. The number of nitrogens with one attached hydrogen (secondary N) is 1. The molecule has 0 bridgehead atoms. The van der Waals surface area contributed by atoms with Crippen molar-refractivity contribution >= 4 is 15.7 Å². The molecule has 9 heteroatoms. The molecule has 0 unspecified atom stereocenters. The van der Waals surface area contributed by atoms with E-state index in [2.05, 4.69) is 5.32 Å². The van der Waals surface area contributed by atoms with Gasteiger partial charge in [0.2, 0.25) is 10.0 Å². The number of nitro groups is 1. The number of benzene rings is 1. The van der Waals surface area contributed by atoms with Gasteiger partial charge in [0, 0.05) is 44.6 Å². The molecule has 2 aliphatic rings. The minimum Gasteiger partial charge on any atom is -0.359 e. The van der Waals surface area contributed by atoms with Crippen LogP contribution in [0, 0.1) is 10.1 Å². The van der Waals surface area contributed by atoms with E-state index in [1.165, 1.54) is 28.6 Å². The van der Waals surface area contributed by atoms with Gasteiger partial charge in [0.25, 0.3) is 5.69 Å². The Morgan fingerprint density at radius 2 is 1.86 bits per heavy atom. The third kappa shape index (κ3) is 2.72. The van der Waals surface area contributed by atoms with Gasteiger partial charge in [0.1, 0.15) is 5.72 Å². The van der Waals surface area contributed by atoms with Crippen LogP contribution in [0.5, 0.6) is 0 Å². The normalized spacial score (nSPS) is 22.0. The van der Waals surface area contributed by atoms with Crippen molar-refractivity contribution in [2.24, 2.45) is 0 Å². The number of piperidine rings is 1.